The molecule has 1 saturated heterocycles. The maximum absolute atomic E-state index is 14.0. The molecule has 0 aliphatic carbocycles. The van der Waals surface area contributed by atoms with E-state index in [1.165, 1.54) is 19.1 Å². The summed E-state index contributed by atoms with van der Waals surface area (Å²) in [4.78, 5) is 0. The van der Waals surface area contributed by atoms with E-state index in [2.05, 4.69) is 0 Å². The van der Waals surface area contributed by atoms with Crippen LogP contribution in [0, 0.1) is 18.6 Å². The fourth-order valence-corrected chi connectivity index (χ4v) is 2.69. The van der Waals surface area contributed by atoms with Gasteiger partial charge in [-0.3, -0.25) is 0 Å². The summed E-state index contributed by atoms with van der Waals surface area (Å²) < 4.78 is 33.2. The van der Waals surface area contributed by atoms with Crippen molar-refractivity contribution in [2.75, 3.05) is 6.61 Å². The molecule has 1 aromatic rings. The van der Waals surface area contributed by atoms with Gasteiger partial charge in [0.05, 0.1) is 18.3 Å². The van der Waals surface area contributed by atoms with Crippen LogP contribution in [-0.4, -0.2) is 17.8 Å². The Morgan fingerprint density at radius 3 is 2.79 bits per heavy atom. The van der Waals surface area contributed by atoms with Gasteiger partial charge in [-0.1, -0.05) is 25.5 Å². The normalized spacial score (nSPS) is 27.5. The zero-order valence-corrected chi connectivity index (χ0v) is 11.4. The van der Waals surface area contributed by atoms with Crippen LogP contribution >= 0.6 is 0 Å². The standard InChI is InChI=1S/C15H20F2O2/c1-3-4-11-9-15(18,7-8-19-11)12-6-5-10(2)13(16)14(12)17/h5-6,11,18H,3-4,7-9H2,1-2H3. The van der Waals surface area contributed by atoms with Crippen LogP contribution in [0.2, 0.25) is 0 Å². The number of hydrogen-bond acceptors (Lipinski definition) is 2. The fraction of sp³-hybridized carbons (Fsp3) is 0.600. The molecule has 106 valence electrons. The van der Waals surface area contributed by atoms with E-state index in [1.807, 2.05) is 6.92 Å². The number of rotatable bonds is 3. The van der Waals surface area contributed by atoms with E-state index in [9.17, 15) is 13.9 Å². The summed E-state index contributed by atoms with van der Waals surface area (Å²) in [5, 5.41) is 10.6. The molecule has 0 saturated carbocycles. The maximum atomic E-state index is 14.0. The molecule has 4 heteroatoms. The van der Waals surface area contributed by atoms with E-state index >= 15 is 0 Å². The van der Waals surface area contributed by atoms with Crippen LogP contribution in [0.25, 0.3) is 0 Å². The molecule has 1 aliphatic rings. The van der Waals surface area contributed by atoms with Gasteiger partial charge in [-0.15, -0.1) is 0 Å². The van der Waals surface area contributed by atoms with Crippen LogP contribution in [0.1, 0.15) is 43.7 Å². The topological polar surface area (TPSA) is 29.5 Å². The van der Waals surface area contributed by atoms with E-state index in [1.54, 1.807) is 0 Å². The van der Waals surface area contributed by atoms with Crippen LogP contribution in [0.3, 0.4) is 0 Å². The minimum Gasteiger partial charge on any atom is -0.385 e. The molecule has 0 radical (unpaired) electrons. The van der Waals surface area contributed by atoms with Gasteiger partial charge in [0, 0.05) is 18.4 Å². The molecular weight excluding hydrogens is 250 g/mol. The predicted octanol–water partition coefficient (Wildman–Crippen LogP) is 3.44. The third kappa shape index (κ3) is 2.79. The molecule has 2 nitrogen and oxygen atoms in total. The number of aryl methyl sites for hydroxylation is 1. The highest BCUT2D eigenvalue weighted by Crippen LogP contribution is 2.38. The highest BCUT2D eigenvalue weighted by Gasteiger charge is 2.39. The molecule has 1 aliphatic heterocycles. The van der Waals surface area contributed by atoms with Gasteiger partial charge < -0.3 is 9.84 Å². The molecule has 0 aromatic heterocycles. The minimum absolute atomic E-state index is 0.0556. The second-order valence-electron chi connectivity index (χ2n) is 5.33. The Labute approximate surface area is 112 Å². The molecule has 2 atom stereocenters. The van der Waals surface area contributed by atoms with Crippen LogP contribution in [0.5, 0.6) is 0 Å². The van der Waals surface area contributed by atoms with Gasteiger partial charge >= 0.3 is 0 Å². The van der Waals surface area contributed by atoms with Crippen molar-refractivity contribution in [2.24, 2.45) is 0 Å². The van der Waals surface area contributed by atoms with Crippen molar-refractivity contribution in [3.8, 4) is 0 Å². The van der Waals surface area contributed by atoms with Gasteiger partial charge in [0.2, 0.25) is 0 Å². The molecule has 0 spiro atoms. The van der Waals surface area contributed by atoms with E-state index in [0.29, 0.717) is 19.4 Å². The first-order valence-corrected chi connectivity index (χ1v) is 6.77. The van der Waals surface area contributed by atoms with Crippen LogP contribution in [-0.2, 0) is 10.3 Å². The van der Waals surface area contributed by atoms with Crippen molar-refractivity contribution < 1.29 is 18.6 Å². The summed E-state index contributed by atoms with van der Waals surface area (Å²) in [5.74, 6) is -1.80. The van der Waals surface area contributed by atoms with Gasteiger partial charge in [0.1, 0.15) is 0 Å². The number of benzene rings is 1. The van der Waals surface area contributed by atoms with Crippen molar-refractivity contribution in [3.63, 3.8) is 0 Å². The van der Waals surface area contributed by atoms with Crippen molar-refractivity contribution in [2.45, 2.75) is 51.2 Å². The summed E-state index contributed by atoms with van der Waals surface area (Å²) in [6.45, 7) is 3.91. The lowest BCUT2D eigenvalue weighted by Crippen LogP contribution is -2.39. The molecule has 0 bridgehead atoms. The van der Waals surface area contributed by atoms with Gasteiger partial charge in [0.25, 0.3) is 0 Å². The van der Waals surface area contributed by atoms with Gasteiger partial charge in [-0.2, -0.15) is 0 Å². The molecule has 0 amide bonds. The maximum Gasteiger partial charge on any atom is 0.165 e. The highest BCUT2D eigenvalue weighted by molar-refractivity contribution is 5.30. The summed E-state index contributed by atoms with van der Waals surface area (Å²) in [6.07, 6.45) is 2.28. The van der Waals surface area contributed by atoms with Crippen LogP contribution in [0.4, 0.5) is 8.78 Å². The Bertz CT molecular complexity index is 460. The lowest BCUT2D eigenvalue weighted by molar-refractivity contribution is -0.111. The lowest BCUT2D eigenvalue weighted by Gasteiger charge is -2.37. The third-order valence-corrected chi connectivity index (χ3v) is 3.82. The van der Waals surface area contributed by atoms with E-state index < -0.39 is 17.2 Å². The van der Waals surface area contributed by atoms with E-state index in [4.69, 9.17) is 4.74 Å². The Kier molecular flexibility index (Phi) is 4.21. The first kappa shape index (κ1) is 14.4. The highest BCUT2D eigenvalue weighted by atomic mass is 19.2. The van der Waals surface area contributed by atoms with Crippen molar-refractivity contribution >= 4 is 0 Å². The fourth-order valence-electron chi connectivity index (χ4n) is 2.69. The molecule has 19 heavy (non-hydrogen) atoms. The summed E-state index contributed by atoms with van der Waals surface area (Å²) in [5.41, 5.74) is -1.02. The number of hydrogen-bond donors (Lipinski definition) is 1. The van der Waals surface area contributed by atoms with E-state index in [0.717, 1.165) is 12.8 Å². The summed E-state index contributed by atoms with van der Waals surface area (Å²) >= 11 is 0. The second-order valence-corrected chi connectivity index (χ2v) is 5.33. The zero-order valence-electron chi connectivity index (χ0n) is 11.4. The Hall–Kier alpha value is -1.00. The molecule has 2 rings (SSSR count). The predicted molar refractivity (Wildman–Crippen MR) is 68.9 cm³/mol. The molecule has 1 aromatic carbocycles. The number of ether oxygens (including phenoxy) is 1. The molecular formula is C15H20F2O2. The van der Waals surface area contributed by atoms with Gasteiger partial charge in [0.15, 0.2) is 11.6 Å². The van der Waals surface area contributed by atoms with Crippen molar-refractivity contribution in [1.82, 2.24) is 0 Å². The molecule has 1 heterocycles. The summed E-state index contributed by atoms with van der Waals surface area (Å²) in [7, 11) is 0. The Morgan fingerprint density at radius 2 is 2.11 bits per heavy atom. The number of aliphatic hydroxyl groups is 1. The van der Waals surface area contributed by atoms with Crippen molar-refractivity contribution in [3.05, 3.63) is 34.9 Å². The van der Waals surface area contributed by atoms with Gasteiger partial charge in [-0.05, 0) is 18.9 Å². The Morgan fingerprint density at radius 1 is 1.37 bits per heavy atom. The van der Waals surface area contributed by atoms with E-state index in [-0.39, 0.29) is 17.2 Å². The Balaban J connectivity index is 2.31. The van der Waals surface area contributed by atoms with Crippen LogP contribution < -0.4 is 0 Å². The molecule has 1 N–H and O–H groups in total. The smallest absolute Gasteiger partial charge is 0.165 e. The first-order chi connectivity index (χ1) is 8.98. The van der Waals surface area contributed by atoms with Gasteiger partial charge in [-0.25, -0.2) is 8.78 Å². The molecule has 2 unspecified atom stereocenters. The van der Waals surface area contributed by atoms with Crippen molar-refractivity contribution in [1.29, 1.82) is 0 Å². The quantitative estimate of drug-likeness (QED) is 0.911. The molecule has 1 fully saturated rings. The third-order valence-electron chi connectivity index (χ3n) is 3.82. The SMILES string of the molecule is CCCC1CC(O)(c2ccc(C)c(F)c2F)CCO1. The lowest BCUT2D eigenvalue weighted by atomic mass is 9.82. The van der Waals surface area contributed by atoms with Crippen LogP contribution in [0.15, 0.2) is 12.1 Å². The largest absolute Gasteiger partial charge is 0.385 e. The average Bonchev–Trinajstić information content (AvgIpc) is 2.36. The first-order valence-electron chi connectivity index (χ1n) is 6.77. The number of halogens is 2. The summed E-state index contributed by atoms with van der Waals surface area (Å²) in [6, 6.07) is 3.00. The monoisotopic (exact) mass is 270 g/mol. The second kappa shape index (κ2) is 5.55. The minimum atomic E-state index is -1.32. The average molecular weight is 270 g/mol. The zero-order chi connectivity index (χ0) is 14.0.